The van der Waals surface area contributed by atoms with Gasteiger partial charge in [0.1, 0.15) is 0 Å². The molecule has 0 spiro atoms. The van der Waals surface area contributed by atoms with E-state index in [0.717, 1.165) is 11.1 Å². The van der Waals surface area contributed by atoms with Crippen LogP contribution in [0.25, 0.3) is 0 Å². The molecule has 2 unspecified atom stereocenters. The van der Waals surface area contributed by atoms with Crippen LogP contribution in [0, 0.1) is 10.1 Å². The first-order valence-electron chi connectivity index (χ1n) is 8.27. The van der Waals surface area contributed by atoms with E-state index < -0.39 is 10.5 Å². The molecule has 0 radical (unpaired) electrons. The van der Waals surface area contributed by atoms with E-state index in [1.165, 1.54) is 6.07 Å². The zero-order valence-corrected chi connectivity index (χ0v) is 14.7. The first kappa shape index (κ1) is 18.9. The molecule has 2 N–H and O–H groups in total. The van der Waals surface area contributed by atoms with Gasteiger partial charge >= 0.3 is 5.69 Å². The van der Waals surface area contributed by atoms with Crippen LogP contribution in [0.3, 0.4) is 0 Å². The van der Waals surface area contributed by atoms with Gasteiger partial charge in [0.05, 0.1) is 17.1 Å². The van der Waals surface area contributed by atoms with E-state index in [1.807, 2.05) is 37.3 Å². The summed E-state index contributed by atoms with van der Waals surface area (Å²) in [5.41, 5.74) is 0.487. The number of rotatable bonds is 8. The average molecular weight is 344 g/mol. The third-order valence-electron chi connectivity index (χ3n) is 4.13. The molecule has 0 amide bonds. The highest BCUT2D eigenvalue weighted by molar-refractivity contribution is 5.49. The molecule has 6 nitrogen and oxygen atoms in total. The first-order valence-corrected chi connectivity index (χ1v) is 8.27. The van der Waals surface area contributed by atoms with Crippen molar-refractivity contribution in [3.63, 3.8) is 0 Å². The van der Waals surface area contributed by atoms with Gasteiger partial charge in [-0.15, -0.1) is 0 Å². The second-order valence-corrected chi connectivity index (χ2v) is 6.16. The van der Waals surface area contributed by atoms with Crippen molar-refractivity contribution in [2.45, 2.75) is 32.4 Å². The third kappa shape index (κ3) is 4.78. The molecule has 0 aromatic heterocycles. The standard InChI is InChI=1S/C19H24N2O4/c1-4-25-18-11-10-15(12-17(18)21(23)24)14(2)20-13-19(3,22)16-8-6-5-7-9-16/h5-12,14,20,22H,4,13H2,1-3H3. The second kappa shape index (κ2) is 8.09. The summed E-state index contributed by atoms with van der Waals surface area (Å²) in [5.74, 6) is 0.264. The number of benzene rings is 2. The highest BCUT2D eigenvalue weighted by atomic mass is 16.6. The van der Waals surface area contributed by atoms with Crippen molar-refractivity contribution < 1.29 is 14.8 Å². The summed E-state index contributed by atoms with van der Waals surface area (Å²) in [7, 11) is 0. The summed E-state index contributed by atoms with van der Waals surface area (Å²) in [6, 6.07) is 14.2. The molecule has 0 bridgehead atoms. The van der Waals surface area contributed by atoms with Gasteiger partial charge in [-0.2, -0.15) is 0 Å². The molecule has 134 valence electrons. The molecule has 2 rings (SSSR count). The van der Waals surface area contributed by atoms with Crippen molar-refractivity contribution in [2.24, 2.45) is 0 Å². The van der Waals surface area contributed by atoms with Gasteiger partial charge in [0.2, 0.25) is 0 Å². The Hall–Kier alpha value is -2.44. The molecule has 2 aromatic carbocycles. The third-order valence-corrected chi connectivity index (χ3v) is 4.13. The van der Waals surface area contributed by atoms with E-state index in [0.29, 0.717) is 13.2 Å². The van der Waals surface area contributed by atoms with E-state index in [1.54, 1.807) is 26.0 Å². The normalized spacial score (nSPS) is 14.6. The Balaban J connectivity index is 2.11. The quantitative estimate of drug-likeness (QED) is 0.565. The van der Waals surface area contributed by atoms with Crippen LogP contribution in [-0.4, -0.2) is 23.2 Å². The second-order valence-electron chi connectivity index (χ2n) is 6.16. The van der Waals surface area contributed by atoms with Gasteiger partial charge in [-0.1, -0.05) is 36.4 Å². The van der Waals surface area contributed by atoms with Gasteiger partial charge in [0.15, 0.2) is 5.75 Å². The van der Waals surface area contributed by atoms with E-state index in [2.05, 4.69) is 5.32 Å². The van der Waals surface area contributed by atoms with Crippen molar-refractivity contribution in [3.05, 3.63) is 69.8 Å². The van der Waals surface area contributed by atoms with Crippen molar-refractivity contribution in [1.82, 2.24) is 5.32 Å². The Morgan fingerprint density at radius 3 is 2.56 bits per heavy atom. The summed E-state index contributed by atoms with van der Waals surface area (Å²) in [5, 5.41) is 25.1. The zero-order valence-electron chi connectivity index (χ0n) is 14.7. The molecule has 0 saturated heterocycles. The van der Waals surface area contributed by atoms with Gasteiger partial charge in [0.25, 0.3) is 0 Å². The summed E-state index contributed by atoms with van der Waals surface area (Å²) in [4.78, 5) is 10.8. The fourth-order valence-corrected chi connectivity index (χ4v) is 2.59. The number of aliphatic hydroxyl groups is 1. The molecule has 0 aliphatic rings. The molecular formula is C19H24N2O4. The van der Waals surface area contributed by atoms with Gasteiger partial charge in [-0.25, -0.2) is 0 Å². The summed E-state index contributed by atoms with van der Waals surface area (Å²) in [6.07, 6.45) is 0. The zero-order chi connectivity index (χ0) is 18.4. The van der Waals surface area contributed by atoms with Crippen LogP contribution in [0.4, 0.5) is 5.69 Å². The van der Waals surface area contributed by atoms with Crippen molar-refractivity contribution in [2.75, 3.05) is 13.2 Å². The molecule has 0 aliphatic heterocycles. The number of ether oxygens (including phenoxy) is 1. The minimum atomic E-state index is -1.04. The van der Waals surface area contributed by atoms with Crippen molar-refractivity contribution in [1.29, 1.82) is 0 Å². The lowest BCUT2D eigenvalue weighted by molar-refractivity contribution is -0.385. The van der Waals surface area contributed by atoms with Gasteiger partial charge in [0, 0.05) is 18.7 Å². The smallest absolute Gasteiger partial charge is 0.311 e. The van der Waals surface area contributed by atoms with Crippen LogP contribution in [0.2, 0.25) is 0 Å². The van der Waals surface area contributed by atoms with Crippen LogP contribution in [0.1, 0.15) is 37.9 Å². The van der Waals surface area contributed by atoms with Crippen LogP contribution >= 0.6 is 0 Å². The van der Waals surface area contributed by atoms with Gasteiger partial charge in [-0.05, 0) is 38.0 Å². The minimum Gasteiger partial charge on any atom is -0.487 e. The lowest BCUT2D eigenvalue weighted by Gasteiger charge is -2.26. The van der Waals surface area contributed by atoms with Crippen LogP contribution in [0.5, 0.6) is 5.75 Å². The summed E-state index contributed by atoms with van der Waals surface area (Å²) in [6.45, 7) is 6.11. The Kier molecular flexibility index (Phi) is 6.12. The van der Waals surface area contributed by atoms with Gasteiger partial charge in [-0.3, -0.25) is 10.1 Å². The summed E-state index contributed by atoms with van der Waals surface area (Å²) >= 11 is 0. The molecule has 2 aromatic rings. The van der Waals surface area contributed by atoms with Crippen LogP contribution in [0.15, 0.2) is 48.5 Å². The number of nitro groups is 1. The minimum absolute atomic E-state index is 0.0529. The Morgan fingerprint density at radius 2 is 1.96 bits per heavy atom. The number of nitrogens with zero attached hydrogens (tertiary/aromatic N) is 1. The monoisotopic (exact) mass is 344 g/mol. The maximum atomic E-state index is 11.2. The maximum absolute atomic E-state index is 11.2. The predicted octanol–water partition coefficient (Wildman–Crippen LogP) is 3.55. The van der Waals surface area contributed by atoms with Crippen LogP contribution < -0.4 is 10.1 Å². The Bertz CT molecular complexity index is 717. The topological polar surface area (TPSA) is 84.6 Å². The van der Waals surface area contributed by atoms with Crippen molar-refractivity contribution >= 4 is 5.69 Å². The molecular weight excluding hydrogens is 320 g/mol. The highest BCUT2D eigenvalue weighted by Crippen LogP contribution is 2.30. The number of nitrogens with one attached hydrogen (secondary N) is 1. The van der Waals surface area contributed by atoms with E-state index in [9.17, 15) is 15.2 Å². The predicted molar refractivity (Wildman–Crippen MR) is 96.7 cm³/mol. The summed E-state index contributed by atoms with van der Waals surface area (Å²) < 4.78 is 5.30. The molecule has 0 heterocycles. The van der Waals surface area contributed by atoms with E-state index in [-0.39, 0.29) is 17.5 Å². The molecule has 0 aliphatic carbocycles. The SMILES string of the molecule is CCOc1ccc(C(C)NCC(C)(O)c2ccccc2)cc1[N+](=O)[O-]. The van der Waals surface area contributed by atoms with Crippen molar-refractivity contribution in [3.8, 4) is 5.75 Å². The number of hydrogen-bond donors (Lipinski definition) is 2. The molecule has 0 saturated carbocycles. The molecule has 25 heavy (non-hydrogen) atoms. The highest BCUT2D eigenvalue weighted by Gasteiger charge is 2.24. The molecule has 2 atom stereocenters. The fourth-order valence-electron chi connectivity index (χ4n) is 2.59. The first-order chi connectivity index (χ1) is 11.8. The van der Waals surface area contributed by atoms with E-state index in [4.69, 9.17) is 4.74 Å². The molecule has 0 fully saturated rings. The number of nitro benzene ring substituents is 1. The van der Waals surface area contributed by atoms with E-state index >= 15 is 0 Å². The molecule has 6 heteroatoms. The fraction of sp³-hybridized carbons (Fsp3) is 0.368. The lowest BCUT2D eigenvalue weighted by Crippen LogP contribution is -2.36. The van der Waals surface area contributed by atoms with Gasteiger partial charge < -0.3 is 15.2 Å². The Labute approximate surface area is 147 Å². The largest absolute Gasteiger partial charge is 0.487 e. The maximum Gasteiger partial charge on any atom is 0.311 e. The number of hydrogen-bond acceptors (Lipinski definition) is 5. The Morgan fingerprint density at radius 1 is 1.28 bits per heavy atom. The average Bonchev–Trinajstić information content (AvgIpc) is 2.61. The lowest BCUT2D eigenvalue weighted by atomic mass is 9.95. The van der Waals surface area contributed by atoms with Crippen LogP contribution in [-0.2, 0) is 5.60 Å².